The lowest BCUT2D eigenvalue weighted by Crippen LogP contribution is -2.22. The van der Waals surface area contributed by atoms with Crippen molar-refractivity contribution in [3.8, 4) is 0 Å². The van der Waals surface area contributed by atoms with Crippen molar-refractivity contribution in [2.75, 3.05) is 37.5 Å². The Morgan fingerprint density at radius 1 is 1.26 bits per heavy atom. The predicted molar refractivity (Wildman–Crippen MR) is 135 cm³/mol. The first-order valence-corrected chi connectivity index (χ1v) is 15.8. The normalized spacial score (nSPS) is 17.2. The second-order valence-corrected chi connectivity index (χ2v) is 12.6. The maximum absolute atomic E-state index is 13.2. The minimum Gasteiger partial charge on any atom is -0.431 e. The molecule has 1 fully saturated rings. The molecule has 0 saturated heterocycles. The smallest absolute Gasteiger partial charge is 0.431 e. The number of nitrogens with two attached hydrogens (primary N) is 1. The monoisotopic (exact) mass is 549 g/mol. The maximum Gasteiger partial charge on any atom is 0.510 e. The lowest BCUT2D eigenvalue weighted by Gasteiger charge is -2.22. The van der Waals surface area contributed by atoms with Gasteiger partial charge in [0.2, 0.25) is 6.79 Å². The Labute approximate surface area is 212 Å². The lowest BCUT2D eigenvalue weighted by molar-refractivity contribution is -0.0294. The summed E-state index contributed by atoms with van der Waals surface area (Å²) in [5, 5.41) is 0. The molecule has 196 valence electrons. The Hall–Kier alpha value is -1.57. The Morgan fingerprint density at radius 3 is 2.83 bits per heavy atom. The quantitative estimate of drug-likeness (QED) is 0.116. The summed E-state index contributed by atoms with van der Waals surface area (Å²) in [5.41, 5.74) is 6.90. The molecule has 1 unspecified atom stereocenters. The Balaban J connectivity index is 1.50. The van der Waals surface area contributed by atoms with Gasteiger partial charge in [0.25, 0.3) is 0 Å². The third kappa shape index (κ3) is 9.10. The lowest BCUT2D eigenvalue weighted by atomic mass is 9.98. The molecule has 12 nitrogen and oxygen atoms in total. The molecule has 0 aromatic carbocycles. The van der Waals surface area contributed by atoms with E-state index >= 15 is 0 Å². The highest BCUT2D eigenvalue weighted by Gasteiger charge is 2.28. The van der Waals surface area contributed by atoms with Gasteiger partial charge in [-0.1, -0.05) is 28.0 Å². The van der Waals surface area contributed by atoms with Crippen LogP contribution in [0.1, 0.15) is 39.0 Å². The van der Waals surface area contributed by atoms with Crippen LogP contribution in [0.15, 0.2) is 12.7 Å². The molecule has 0 bridgehead atoms. The van der Waals surface area contributed by atoms with Gasteiger partial charge in [-0.25, -0.2) is 19.7 Å². The molecule has 2 aromatic heterocycles. The number of imidazole rings is 1. The molecule has 0 radical (unpaired) electrons. The van der Waals surface area contributed by atoms with E-state index in [4.69, 9.17) is 29.0 Å². The molecule has 3 rings (SSSR count). The molecular formula is C20H32N5O7PS2. The van der Waals surface area contributed by atoms with Crippen LogP contribution >= 0.6 is 29.2 Å². The van der Waals surface area contributed by atoms with Crippen molar-refractivity contribution in [3.05, 3.63) is 12.7 Å². The number of carbonyl (C=O) groups excluding carboxylic acids is 1. The van der Waals surface area contributed by atoms with Gasteiger partial charge in [0.05, 0.1) is 25.6 Å². The summed E-state index contributed by atoms with van der Waals surface area (Å²) in [7, 11) is -0.570. The van der Waals surface area contributed by atoms with E-state index in [0.29, 0.717) is 29.3 Å². The van der Waals surface area contributed by atoms with Gasteiger partial charge in [0, 0.05) is 5.75 Å². The molecule has 2 heterocycles. The SMILES string of the molecule is CSSCCOP(=O)(CO[C@H](C)Cn1cnc2c(N)ncnc21)OCOC(=O)OC1CCCCC1. The van der Waals surface area contributed by atoms with Crippen molar-refractivity contribution in [1.29, 1.82) is 0 Å². The van der Waals surface area contributed by atoms with Crippen molar-refractivity contribution >= 4 is 52.3 Å². The number of fused-ring (bicyclic) bond motifs is 1. The fourth-order valence-electron chi connectivity index (χ4n) is 3.49. The number of ether oxygens (including phenoxy) is 3. The highest BCUT2D eigenvalue weighted by atomic mass is 33.1. The van der Waals surface area contributed by atoms with E-state index in [1.807, 2.05) is 13.2 Å². The first-order valence-electron chi connectivity index (χ1n) is 11.3. The minimum absolute atomic E-state index is 0.146. The van der Waals surface area contributed by atoms with Gasteiger partial charge >= 0.3 is 13.8 Å². The third-order valence-electron chi connectivity index (χ3n) is 5.21. The van der Waals surface area contributed by atoms with Gasteiger partial charge in [-0.05, 0) is 38.9 Å². The standard InChI is InChI=1S/C20H32N5O7PS2/c1-15(10-25-12-24-17-18(21)22-11-23-19(17)25)29-14-33(27,30-8-9-35-34-2)31-13-28-20(26)32-16-6-4-3-5-7-16/h11-12,15-16H,3-10,13-14H2,1-2H3,(H2,21,22,23)/t15-,33?/m1/s1. The highest BCUT2D eigenvalue weighted by Crippen LogP contribution is 2.48. The van der Waals surface area contributed by atoms with E-state index in [2.05, 4.69) is 15.0 Å². The minimum atomic E-state index is -3.71. The number of carbonyl (C=O) groups is 1. The van der Waals surface area contributed by atoms with Crippen molar-refractivity contribution in [1.82, 2.24) is 19.5 Å². The first kappa shape index (κ1) is 28.0. The summed E-state index contributed by atoms with van der Waals surface area (Å²) in [4.78, 5) is 24.3. The molecule has 1 aliphatic carbocycles. The van der Waals surface area contributed by atoms with Crippen LogP contribution in [0.4, 0.5) is 10.6 Å². The predicted octanol–water partition coefficient (Wildman–Crippen LogP) is 4.45. The zero-order valence-corrected chi connectivity index (χ0v) is 22.4. The van der Waals surface area contributed by atoms with Gasteiger partial charge in [-0.15, -0.1) is 0 Å². The summed E-state index contributed by atoms with van der Waals surface area (Å²) in [6.45, 7) is 1.82. The van der Waals surface area contributed by atoms with Crippen LogP contribution < -0.4 is 5.73 Å². The molecule has 15 heteroatoms. The van der Waals surface area contributed by atoms with Gasteiger partial charge < -0.3 is 29.0 Å². The van der Waals surface area contributed by atoms with E-state index in [9.17, 15) is 9.36 Å². The largest absolute Gasteiger partial charge is 0.510 e. The van der Waals surface area contributed by atoms with Gasteiger partial charge in [0.1, 0.15) is 24.3 Å². The molecule has 0 aliphatic heterocycles. The van der Waals surface area contributed by atoms with E-state index in [1.54, 1.807) is 32.5 Å². The summed E-state index contributed by atoms with van der Waals surface area (Å²) in [6.07, 6.45) is 8.03. The number of nitrogen functional groups attached to an aromatic ring is 1. The van der Waals surface area contributed by atoms with E-state index in [1.165, 1.54) is 6.33 Å². The molecule has 2 N–H and O–H groups in total. The van der Waals surface area contributed by atoms with Crippen molar-refractivity contribution in [2.24, 2.45) is 0 Å². The van der Waals surface area contributed by atoms with E-state index in [-0.39, 0.29) is 25.2 Å². The number of nitrogens with zero attached hydrogens (tertiary/aromatic N) is 4. The van der Waals surface area contributed by atoms with Crippen LogP contribution in [0, 0.1) is 0 Å². The summed E-state index contributed by atoms with van der Waals surface area (Å²) in [5.74, 6) is 0.898. The molecular weight excluding hydrogens is 517 g/mol. The Morgan fingerprint density at radius 2 is 2.06 bits per heavy atom. The molecule has 2 atom stereocenters. The van der Waals surface area contributed by atoms with E-state index in [0.717, 1.165) is 32.1 Å². The first-order chi connectivity index (χ1) is 16.9. The number of aromatic nitrogens is 4. The van der Waals surface area contributed by atoms with Crippen LogP contribution in [-0.2, 0) is 34.4 Å². The average molecular weight is 550 g/mol. The number of hydrogen-bond acceptors (Lipinski definition) is 13. The van der Waals surface area contributed by atoms with Crippen molar-refractivity contribution < 1.29 is 32.6 Å². The number of rotatable bonds is 14. The number of anilines is 1. The number of hydrogen-bond donors (Lipinski definition) is 1. The Bertz CT molecular complexity index is 992. The van der Waals surface area contributed by atoms with Crippen LogP contribution in [0.2, 0.25) is 0 Å². The zero-order chi connectivity index (χ0) is 25.1. The second-order valence-electron chi connectivity index (χ2n) is 7.89. The molecule has 1 saturated carbocycles. The van der Waals surface area contributed by atoms with Crippen molar-refractivity contribution in [2.45, 2.75) is 57.8 Å². The molecule has 0 amide bonds. The van der Waals surface area contributed by atoms with Gasteiger partial charge in [-0.2, -0.15) is 0 Å². The average Bonchev–Trinajstić information content (AvgIpc) is 3.25. The third-order valence-corrected chi connectivity index (χ3v) is 8.53. The fraction of sp³-hybridized carbons (Fsp3) is 0.700. The van der Waals surface area contributed by atoms with Crippen molar-refractivity contribution in [3.63, 3.8) is 0 Å². The summed E-state index contributed by atoms with van der Waals surface area (Å²) < 4.78 is 41.9. The van der Waals surface area contributed by atoms with Crippen LogP contribution in [0.25, 0.3) is 11.2 Å². The fourth-order valence-corrected chi connectivity index (χ4v) is 5.88. The molecule has 0 spiro atoms. The second kappa shape index (κ2) is 14.2. The topological polar surface area (TPSA) is 150 Å². The van der Waals surface area contributed by atoms with Gasteiger partial charge in [0.15, 0.2) is 11.5 Å². The van der Waals surface area contributed by atoms with Crippen LogP contribution in [0.5, 0.6) is 0 Å². The highest BCUT2D eigenvalue weighted by molar-refractivity contribution is 8.76. The summed E-state index contributed by atoms with van der Waals surface area (Å²) >= 11 is 0. The molecule has 2 aromatic rings. The maximum atomic E-state index is 13.2. The molecule has 1 aliphatic rings. The summed E-state index contributed by atoms with van der Waals surface area (Å²) in [6, 6.07) is 0. The van der Waals surface area contributed by atoms with Crippen LogP contribution in [-0.4, -0.2) is 69.6 Å². The zero-order valence-electron chi connectivity index (χ0n) is 19.9. The van der Waals surface area contributed by atoms with E-state index < -0.39 is 20.5 Å². The van der Waals surface area contributed by atoms with Gasteiger partial charge in [-0.3, -0.25) is 9.09 Å². The molecule has 35 heavy (non-hydrogen) atoms. The Kier molecular flexibility index (Phi) is 11.4. The van der Waals surface area contributed by atoms with Crippen LogP contribution in [0.3, 0.4) is 0 Å².